The number of H-pyrrole nitrogens is 2. The molecule has 14 nitrogen and oxygen atoms in total. The SMILES string of the molecule is C1CCNC1.COC(=O)c1cc(NC(=O)C2C[C@H]2c2ccccc2)cc2[nH]c(-c3cccc(CN4CCCC4)c3)cc12.Cl.O=C1NN=Cc2c(-c3cccc(CN4CCCC4)c3)[nH]c3cc(NC(=O)[C@@H]4C[C@H]4c4ccccc4)cc1c23. The summed E-state index contributed by atoms with van der Waals surface area (Å²) in [5.74, 6) is -0.381. The third-order valence-electron chi connectivity index (χ3n) is 16.5. The average molecular weight is 1100 g/mol. The van der Waals surface area contributed by atoms with Crippen LogP contribution in [0.4, 0.5) is 11.4 Å². The molecule has 4 atom stereocenters. The van der Waals surface area contributed by atoms with Gasteiger partial charge in [-0.2, -0.15) is 5.10 Å². The Morgan fingerprint density at radius 2 is 1.17 bits per heavy atom. The molecule has 15 heteroatoms. The topological polar surface area (TPSA) is 176 Å². The van der Waals surface area contributed by atoms with Gasteiger partial charge in [-0.3, -0.25) is 24.2 Å². The molecular weight excluding hydrogens is 1030 g/mol. The number of aromatic nitrogens is 2. The summed E-state index contributed by atoms with van der Waals surface area (Å²) in [6, 6.07) is 46.7. The van der Waals surface area contributed by atoms with Crippen molar-refractivity contribution >= 4 is 75.5 Å². The highest BCUT2D eigenvalue weighted by molar-refractivity contribution is 6.18. The molecular formula is C66H70ClN9O5. The van der Waals surface area contributed by atoms with E-state index in [0.29, 0.717) is 22.5 Å². The molecule has 0 bridgehead atoms. The van der Waals surface area contributed by atoms with Crippen LogP contribution in [0.5, 0.6) is 0 Å². The number of anilines is 2. The number of nitrogens with one attached hydrogen (secondary N) is 6. The predicted molar refractivity (Wildman–Crippen MR) is 324 cm³/mol. The average Bonchev–Trinajstić information content (AvgIpc) is 4.14. The van der Waals surface area contributed by atoms with Crippen molar-refractivity contribution in [2.75, 3.05) is 57.0 Å². The highest BCUT2D eigenvalue weighted by Crippen LogP contribution is 2.49. The lowest BCUT2D eigenvalue weighted by atomic mass is 10.0. The fourth-order valence-electron chi connectivity index (χ4n) is 12.2. The summed E-state index contributed by atoms with van der Waals surface area (Å²) in [5.41, 5.74) is 16.1. The van der Waals surface area contributed by atoms with E-state index in [1.807, 2.05) is 54.6 Å². The number of benzene rings is 6. The molecule has 0 spiro atoms. The lowest BCUT2D eigenvalue weighted by Gasteiger charge is -2.15. The Labute approximate surface area is 478 Å². The van der Waals surface area contributed by atoms with Crippen LogP contribution < -0.4 is 21.4 Å². The number of carbonyl (C=O) groups excluding carboxylic acids is 4. The second kappa shape index (κ2) is 24.9. The Bertz CT molecular complexity index is 3590. The molecule has 2 saturated carbocycles. The number of methoxy groups -OCH3 is 1. The van der Waals surface area contributed by atoms with E-state index < -0.39 is 5.97 Å². The molecule has 3 amide bonds. The zero-order chi connectivity index (χ0) is 54.5. The molecule has 416 valence electrons. The van der Waals surface area contributed by atoms with Crippen LogP contribution in [0.25, 0.3) is 44.3 Å². The minimum atomic E-state index is -0.428. The summed E-state index contributed by atoms with van der Waals surface area (Å²) in [6.45, 7) is 8.98. The lowest BCUT2D eigenvalue weighted by molar-refractivity contribution is -0.118. The van der Waals surface area contributed by atoms with Gasteiger partial charge in [0, 0.05) is 69.4 Å². The molecule has 3 saturated heterocycles. The minimum absolute atomic E-state index is 0. The molecule has 6 N–H and O–H groups in total. The number of carbonyl (C=O) groups is 4. The van der Waals surface area contributed by atoms with Gasteiger partial charge in [0.15, 0.2) is 0 Å². The molecule has 6 aromatic carbocycles. The number of aromatic amines is 2. The number of nitrogens with zero attached hydrogens (tertiary/aromatic N) is 3. The number of rotatable bonds is 13. The fourth-order valence-corrected chi connectivity index (χ4v) is 12.2. The molecule has 1 unspecified atom stereocenters. The van der Waals surface area contributed by atoms with Gasteiger partial charge in [-0.15, -0.1) is 12.4 Å². The fraction of sp³-hybridized carbons (Fsp3) is 0.318. The van der Waals surface area contributed by atoms with E-state index in [1.165, 1.54) is 81.0 Å². The molecule has 6 heterocycles. The highest BCUT2D eigenvalue weighted by Gasteiger charge is 2.45. The van der Waals surface area contributed by atoms with Crippen molar-refractivity contribution in [3.05, 3.63) is 178 Å². The van der Waals surface area contributed by atoms with Crippen LogP contribution >= 0.6 is 12.4 Å². The second-order valence-corrected chi connectivity index (χ2v) is 22.2. The van der Waals surface area contributed by atoms with Crippen LogP contribution in [0.3, 0.4) is 0 Å². The second-order valence-electron chi connectivity index (χ2n) is 22.2. The summed E-state index contributed by atoms with van der Waals surface area (Å²) >= 11 is 0. The number of halogens is 1. The Morgan fingerprint density at radius 3 is 1.74 bits per heavy atom. The largest absolute Gasteiger partial charge is 0.465 e. The van der Waals surface area contributed by atoms with Gasteiger partial charge >= 0.3 is 5.97 Å². The van der Waals surface area contributed by atoms with Crippen LogP contribution in [0.1, 0.15) is 112 Å². The zero-order valence-electron chi connectivity index (χ0n) is 45.8. The molecule has 8 aromatic rings. The smallest absolute Gasteiger partial charge is 0.338 e. The van der Waals surface area contributed by atoms with Gasteiger partial charge in [0.25, 0.3) is 5.91 Å². The molecule has 0 radical (unpaired) electrons. The first kappa shape index (κ1) is 55.0. The van der Waals surface area contributed by atoms with Crippen LogP contribution in [-0.2, 0) is 27.4 Å². The Morgan fingerprint density at radius 1 is 0.617 bits per heavy atom. The van der Waals surface area contributed by atoms with Crippen molar-refractivity contribution < 1.29 is 23.9 Å². The Hall–Kier alpha value is -7.88. The van der Waals surface area contributed by atoms with Crippen LogP contribution in [0, 0.1) is 11.8 Å². The van der Waals surface area contributed by atoms with E-state index in [9.17, 15) is 19.2 Å². The van der Waals surface area contributed by atoms with Crippen LogP contribution in [-0.4, -0.2) is 96.1 Å². The van der Waals surface area contributed by atoms with Crippen molar-refractivity contribution in [2.24, 2.45) is 16.9 Å². The monoisotopic (exact) mass is 1100 g/mol. The predicted octanol–water partition coefficient (Wildman–Crippen LogP) is 12.0. The first-order valence-electron chi connectivity index (χ1n) is 28.6. The quantitative estimate of drug-likeness (QED) is 0.0618. The number of hydrazone groups is 1. The number of fused-ring (bicyclic) bond motifs is 1. The Balaban J connectivity index is 0.000000155. The maximum absolute atomic E-state index is 13.1. The standard InChI is InChI=1S/C31H29N5O2.C31H31N3O3.C4H9N.ClH/c37-30(24-16-23(24)20-8-2-1-3-9-20)33-22-14-25-28-26(17-32-35-31(25)38)29(34-27(28)15-22)21-10-6-7-19(13-21)18-36-11-4-5-12-36;1-37-31(36)27-15-23(32-30(35)26-17-24(26)21-9-3-2-4-10-21)16-29-25(27)18-28(33-29)22-11-7-8-20(14-22)19-34-12-5-6-13-34;1-2-4-5-3-1;/h1-3,6-10,13-15,17,23-24,34H,4-5,11-12,16,18H2,(H,33,37)(H,35,38);2-4,7-11,14-16,18,24,26,33H,5-6,12-13,17,19H2,1H3,(H,32,35);5H,1-4H2;1H/t23-,24+;24-,26?;;/m00../s1. The van der Waals surface area contributed by atoms with Gasteiger partial charge in [0.1, 0.15) is 0 Å². The maximum Gasteiger partial charge on any atom is 0.338 e. The molecule has 81 heavy (non-hydrogen) atoms. The van der Waals surface area contributed by atoms with E-state index in [4.69, 9.17) is 4.74 Å². The number of likely N-dealkylation sites (tertiary alicyclic amines) is 2. The molecule has 4 aliphatic heterocycles. The van der Waals surface area contributed by atoms with E-state index in [2.05, 4.69) is 119 Å². The van der Waals surface area contributed by atoms with Crippen molar-refractivity contribution in [2.45, 2.75) is 76.3 Å². The third kappa shape index (κ3) is 12.7. The van der Waals surface area contributed by atoms with Crippen molar-refractivity contribution in [1.29, 1.82) is 0 Å². The summed E-state index contributed by atoms with van der Waals surface area (Å²) in [7, 11) is 1.38. The van der Waals surface area contributed by atoms with Crippen LogP contribution in [0.2, 0.25) is 0 Å². The number of hydrogen-bond acceptors (Lipinski definition) is 9. The van der Waals surface area contributed by atoms with Gasteiger partial charge in [0.05, 0.1) is 30.1 Å². The summed E-state index contributed by atoms with van der Waals surface area (Å²) in [6.07, 6.45) is 11.2. The van der Waals surface area contributed by atoms with E-state index in [0.717, 1.165) is 102 Å². The van der Waals surface area contributed by atoms with E-state index in [1.54, 1.807) is 18.3 Å². The number of amides is 3. The van der Waals surface area contributed by atoms with Gasteiger partial charge in [-0.1, -0.05) is 97.1 Å². The van der Waals surface area contributed by atoms with Gasteiger partial charge < -0.3 is 30.7 Å². The normalized spacial score (nSPS) is 19.8. The van der Waals surface area contributed by atoms with E-state index >= 15 is 0 Å². The molecule has 2 aliphatic carbocycles. The highest BCUT2D eigenvalue weighted by atomic mass is 35.5. The zero-order valence-corrected chi connectivity index (χ0v) is 46.6. The van der Waals surface area contributed by atoms with Crippen molar-refractivity contribution in [3.63, 3.8) is 0 Å². The lowest BCUT2D eigenvalue weighted by Crippen LogP contribution is -2.18. The third-order valence-corrected chi connectivity index (χ3v) is 16.5. The maximum atomic E-state index is 13.1. The van der Waals surface area contributed by atoms with E-state index in [-0.39, 0.29) is 53.8 Å². The van der Waals surface area contributed by atoms with Crippen molar-refractivity contribution in [3.8, 4) is 22.5 Å². The minimum Gasteiger partial charge on any atom is -0.465 e. The first-order valence-corrected chi connectivity index (χ1v) is 28.6. The molecule has 5 fully saturated rings. The van der Waals surface area contributed by atoms with Gasteiger partial charge in [-0.05, 0) is 178 Å². The molecule has 2 aromatic heterocycles. The summed E-state index contributed by atoms with van der Waals surface area (Å²) in [5, 5.41) is 15.1. The molecule has 14 rings (SSSR count). The number of esters is 1. The summed E-state index contributed by atoms with van der Waals surface area (Å²) < 4.78 is 5.08. The van der Waals surface area contributed by atoms with Gasteiger partial charge in [0.2, 0.25) is 11.8 Å². The Kier molecular flexibility index (Phi) is 16.9. The van der Waals surface area contributed by atoms with Gasteiger partial charge in [-0.25, -0.2) is 10.2 Å². The number of hydrogen-bond donors (Lipinski definition) is 6. The van der Waals surface area contributed by atoms with Crippen LogP contribution in [0.15, 0.2) is 145 Å². The first-order chi connectivity index (χ1) is 39.2. The molecule has 6 aliphatic rings. The number of ether oxygens (including phenoxy) is 1. The van der Waals surface area contributed by atoms with Crippen molar-refractivity contribution in [1.82, 2.24) is 30.5 Å². The summed E-state index contributed by atoms with van der Waals surface area (Å²) in [4.78, 5) is 63.7.